The van der Waals surface area contributed by atoms with Gasteiger partial charge in [-0.15, -0.1) is 6.58 Å². The fourth-order valence-corrected chi connectivity index (χ4v) is 0.700. The number of rotatable bonds is 2. The van der Waals surface area contributed by atoms with Gasteiger partial charge in [0.15, 0.2) is 0 Å². The second kappa shape index (κ2) is 3.08. The monoisotopic (exact) mass is 119 g/mol. The summed E-state index contributed by atoms with van der Waals surface area (Å²) in [6.07, 6.45) is 3.76. The van der Waals surface area contributed by atoms with Crippen LogP contribution in [0.15, 0.2) is 43.0 Å². The van der Waals surface area contributed by atoms with Crippen molar-refractivity contribution < 1.29 is 0 Å². The molecule has 0 N–H and O–H groups in total. The molecule has 0 saturated carbocycles. The van der Waals surface area contributed by atoms with E-state index in [1.165, 1.54) is 5.56 Å². The number of allylic oxidation sites excluding steroid dienone is 1. The Morgan fingerprint density at radius 3 is 2.44 bits per heavy atom. The molecule has 1 rings (SSSR count). The molecule has 0 spiro atoms. The van der Waals surface area contributed by atoms with E-state index in [2.05, 4.69) is 6.58 Å². The summed E-state index contributed by atoms with van der Waals surface area (Å²) in [5.74, 6) is 0. The van der Waals surface area contributed by atoms with Gasteiger partial charge >= 0.3 is 0 Å². The molecule has 0 aliphatic heterocycles. The number of benzene rings is 1. The van der Waals surface area contributed by atoms with E-state index in [0.717, 1.165) is 0 Å². The zero-order chi connectivity index (χ0) is 6.53. The van der Waals surface area contributed by atoms with Crippen LogP contribution >= 0.6 is 0 Å². The molecule has 0 amide bonds. The van der Waals surface area contributed by atoms with E-state index in [0.29, 0.717) is 0 Å². The van der Waals surface area contributed by atoms with Crippen LogP contribution in [0.2, 0.25) is 0 Å². The first-order chi connectivity index (χ1) is 4.43. The molecule has 0 bridgehead atoms. The first-order valence-corrected chi connectivity index (χ1v) is 2.94. The van der Waals surface area contributed by atoms with Crippen molar-refractivity contribution in [1.82, 2.24) is 0 Å². The van der Waals surface area contributed by atoms with Gasteiger partial charge in [-0.25, -0.2) is 0 Å². The van der Waals surface area contributed by atoms with Gasteiger partial charge in [0, 0.05) is 6.42 Å². The van der Waals surface area contributed by atoms with Crippen LogP contribution in [0.5, 0.6) is 0 Å². The highest BCUT2D eigenvalue weighted by Gasteiger charge is 1.82. The van der Waals surface area contributed by atoms with Crippen molar-refractivity contribution >= 4 is 0 Å². The maximum absolute atomic E-state index is 3.60. The molecule has 45 valence electrons. The van der Waals surface area contributed by atoms with Crippen molar-refractivity contribution in [2.75, 3.05) is 0 Å². The van der Waals surface area contributed by atoms with Gasteiger partial charge in [0.2, 0.25) is 0 Å². The van der Waals surface area contributed by atoms with E-state index >= 15 is 0 Å². The topological polar surface area (TPSA) is 0 Å². The van der Waals surface area contributed by atoms with Gasteiger partial charge in [0.05, 0.1) is 0 Å². The summed E-state index contributed by atoms with van der Waals surface area (Å²) in [6.45, 7) is 3.60. The second-order valence-electron chi connectivity index (χ2n) is 1.81. The minimum absolute atomic E-state index is 1.20. The maximum atomic E-state index is 3.60. The third kappa shape index (κ3) is 1.73. The molecular weight excluding hydrogens is 110 g/mol. The highest BCUT2D eigenvalue weighted by atomic mass is 14.8. The lowest BCUT2D eigenvalue weighted by Gasteiger charge is -1.90. The zero-order valence-electron chi connectivity index (χ0n) is 5.25. The van der Waals surface area contributed by atoms with E-state index in [-0.39, 0.29) is 0 Å². The Hall–Kier alpha value is -1.04. The quantitative estimate of drug-likeness (QED) is 0.560. The minimum Gasteiger partial charge on any atom is -0.102 e. The average Bonchev–Trinajstić information content (AvgIpc) is 1.91. The van der Waals surface area contributed by atoms with E-state index < -0.39 is 0 Å². The predicted molar refractivity (Wildman–Crippen MR) is 40.0 cm³/mol. The summed E-state index contributed by atoms with van der Waals surface area (Å²) in [5.41, 5.74) is 1.20. The van der Waals surface area contributed by atoms with Crippen molar-refractivity contribution in [3.8, 4) is 0 Å². The molecule has 0 aromatic heterocycles. The molecule has 1 aromatic carbocycles. The average molecular weight is 119 g/mol. The molecule has 0 aliphatic rings. The van der Waals surface area contributed by atoms with Crippen LogP contribution in [0.25, 0.3) is 0 Å². The van der Waals surface area contributed by atoms with Gasteiger partial charge in [-0.05, 0) is 5.56 Å². The number of hydrogen-bond donors (Lipinski definition) is 0. The molecule has 0 unspecified atom stereocenters. The standard InChI is InChI=1S/C9H9/c1-2-6-9-7-4-3-5-8-9/h2-8H,1H2/i6+2. The summed E-state index contributed by atoms with van der Waals surface area (Å²) in [5, 5.41) is 0. The molecule has 9 heavy (non-hydrogen) atoms. The first kappa shape index (κ1) is 6.09. The van der Waals surface area contributed by atoms with Crippen LogP contribution in [0.4, 0.5) is 0 Å². The molecule has 0 heterocycles. The lowest BCUT2D eigenvalue weighted by Crippen LogP contribution is -1.72. The van der Waals surface area contributed by atoms with Gasteiger partial charge in [0.25, 0.3) is 0 Å². The summed E-state index contributed by atoms with van der Waals surface area (Å²) >= 11 is 0. The maximum Gasteiger partial charge on any atom is 0.0119 e. The summed E-state index contributed by atoms with van der Waals surface area (Å²) in [6, 6.07) is 10.1. The molecule has 0 heteroatoms. The molecule has 1 aromatic rings. The smallest absolute Gasteiger partial charge is 0.0119 e. The van der Waals surface area contributed by atoms with Crippen LogP contribution in [0, 0.1) is 6.42 Å². The van der Waals surface area contributed by atoms with Gasteiger partial charge in [0.1, 0.15) is 0 Å². The Labute approximate surface area is 55.8 Å². The highest BCUT2D eigenvalue weighted by molar-refractivity contribution is 5.26. The van der Waals surface area contributed by atoms with Gasteiger partial charge in [-0.2, -0.15) is 0 Å². The minimum atomic E-state index is 1.20. The lowest BCUT2D eigenvalue weighted by atomic mass is 10.3. The van der Waals surface area contributed by atoms with Crippen LogP contribution in [0.3, 0.4) is 0 Å². The largest absolute Gasteiger partial charge is 0.102 e. The van der Waals surface area contributed by atoms with Crippen molar-refractivity contribution in [3.63, 3.8) is 0 Å². The van der Waals surface area contributed by atoms with Gasteiger partial charge < -0.3 is 0 Å². The molecule has 1 radical (unpaired) electrons. The number of hydrogen-bond acceptors (Lipinski definition) is 0. The Balaban J connectivity index is 2.72. The second-order valence-corrected chi connectivity index (χ2v) is 1.81. The van der Waals surface area contributed by atoms with Crippen molar-refractivity contribution in [2.45, 2.75) is 0 Å². The van der Waals surface area contributed by atoms with Crippen molar-refractivity contribution in [2.24, 2.45) is 0 Å². The van der Waals surface area contributed by atoms with E-state index in [1.54, 1.807) is 6.08 Å². The fourth-order valence-electron chi connectivity index (χ4n) is 0.700. The fraction of sp³-hybridized carbons (Fsp3) is 0. The summed E-state index contributed by atoms with van der Waals surface area (Å²) in [7, 11) is 0. The lowest BCUT2D eigenvalue weighted by molar-refractivity contribution is 1.53. The molecule has 0 saturated heterocycles. The van der Waals surface area contributed by atoms with Crippen molar-refractivity contribution in [1.29, 1.82) is 0 Å². The zero-order valence-corrected chi connectivity index (χ0v) is 5.25. The van der Waals surface area contributed by atoms with E-state index in [1.807, 2.05) is 36.8 Å². The Morgan fingerprint density at radius 2 is 1.89 bits per heavy atom. The first-order valence-electron chi connectivity index (χ1n) is 2.94. The summed E-state index contributed by atoms with van der Waals surface area (Å²) < 4.78 is 0. The van der Waals surface area contributed by atoms with Crippen LogP contribution < -0.4 is 0 Å². The Bertz CT molecular complexity index is 174. The normalized spacial score (nSPS) is 8.89. The highest BCUT2D eigenvalue weighted by Crippen LogP contribution is 2.00. The van der Waals surface area contributed by atoms with Gasteiger partial charge in [-0.1, -0.05) is 36.4 Å². The molecule has 0 atom stereocenters. The Morgan fingerprint density at radius 1 is 1.22 bits per heavy atom. The SMILES string of the molecule is C=C[14CH]c1ccccc1. The molecular formula is C9H9. The third-order valence-corrected chi connectivity index (χ3v) is 1.11. The molecule has 0 fully saturated rings. The third-order valence-electron chi connectivity index (χ3n) is 1.11. The van der Waals surface area contributed by atoms with Crippen LogP contribution in [0.1, 0.15) is 5.56 Å². The van der Waals surface area contributed by atoms with E-state index in [4.69, 9.17) is 0 Å². The van der Waals surface area contributed by atoms with Crippen LogP contribution in [-0.2, 0) is 0 Å². The van der Waals surface area contributed by atoms with Gasteiger partial charge in [-0.3, -0.25) is 0 Å². The van der Waals surface area contributed by atoms with E-state index in [9.17, 15) is 0 Å². The van der Waals surface area contributed by atoms with Crippen molar-refractivity contribution in [3.05, 3.63) is 55.0 Å². The predicted octanol–water partition coefficient (Wildman–Crippen LogP) is 2.42. The molecule has 0 nitrogen and oxygen atoms in total. The molecule has 0 aliphatic carbocycles. The van der Waals surface area contributed by atoms with Crippen LogP contribution in [-0.4, -0.2) is 0 Å². The Kier molecular flexibility index (Phi) is 2.08. The summed E-state index contributed by atoms with van der Waals surface area (Å²) in [4.78, 5) is 0.